The first kappa shape index (κ1) is 12.9. The fourth-order valence-corrected chi connectivity index (χ4v) is 3.28. The summed E-state index contributed by atoms with van der Waals surface area (Å²) in [6.45, 7) is 2.08. The van der Waals surface area contributed by atoms with Crippen molar-refractivity contribution in [3.63, 3.8) is 0 Å². The first-order valence-electron chi connectivity index (χ1n) is 7.69. The molecule has 106 valence electrons. The topological polar surface area (TPSA) is 68.2 Å². The lowest BCUT2D eigenvalue weighted by atomic mass is 9.84. The molecule has 0 bridgehead atoms. The first-order chi connectivity index (χ1) is 9.34. The number of anilines is 1. The smallest absolute Gasteiger partial charge is 0.266 e. The number of rotatable bonds is 3. The molecular formula is C14H24N4O. The van der Waals surface area contributed by atoms with Crippen LogP contribution in [0.1, 0.15) is 63.3 Å². The average Bonchev–Trinajstić information content (AvgIpc) is 2.98. The van der Waals surface area contributed by atoms with Crippen LogP contribution in [-0.4, -0.2) is 23.2 Å². The predicted octanol–water partition coefficient (Wildman–Crippen LogP) is 2.64. The molecule has 1 atom stereocenters. The largest absolute Gasteiger partial charge is 0.338 e. The second kappa shape index (κ2) is 5.90. The van der Waals surface area contributed by atoms with Gasteiger partial charge in [0.25, 0.3) is 5.95 Å². The molecule has 1 aromatic heterocycles. The molecule has 5 heteroatoms. The maximum atomic E-state index is 6.30. The summed E-state index contributed by atoms with van der Waals surface area (Å²) in [5.74, 6) is 1.89. The van der Waals surface area contributed by atoms with Gasteiger partial charge in [0.15, 0.2) is 0 Å². The van der Waals surface area contributed by atoms with Gasteiger partial charge in [-0.1, -0.05) is 19.3 Å². The highest BCUT2D eigenvalue weighted by Crippen LogP contribution is 2.32. The molecule has 3 rings (SSSR count). The van der Waals surface area contributed by atoms with Crippen LogP contribution in [0.25, 0.3) is 0 Å². The van der Waals surface area contributed by atoms with E-state index in [4.69, 9.17) is 10.3 Å². The first-order valence-corrected chi connectivity index (χ1v) is 7.69. The summed E-state index contributed by atoms with van der Waals surface area (Å²) in [5, 5.41) is 4.12. The van der Waals surface area contributed by atoms with Crippen molar-refractivity contribution < 1.29 is 4.52 Å². The van der Waals surface area contributed by atoms with Gasteiger partial charge in [-0.05, 0) is 43.2 Å². The van der Waals surface area contributed by atoms with E-state index < -0.39 is 0 Å². The second-order valence-electron chi connectivity index (χ2n) is 5.90. The Morgan fingerprint density at radius 2 is 1.74 bits per heavy atom. The maximum absolute atomic E-state index is 6.30. The van der Waals surface area contributed by atoms with Crippen molar-refractivity contribution in [2.45, 2.75) is 57.4 Å². The quantitative estimate of drug-likeness (QED) is 0.909. The van der Waals surface area contributed by atoms with Gasteiger partial charge < -0.3 is 15.2 Å². The molecule has 0 radical (unpaired) electrons. The van der Waals surface area contributed by atoms with Crippen molar-refractivity contribution in [2.24, 2.45) is 11.7 Å². The van der Waals surface area contributed by atoms with Gasteiger partial charge in [-0.15, -0.1) is 0 Å². The Morgan fingerprint density at radius 3 is 2.47 bits per heavy atom. The summed E-state index contributed by atoms with van der Waals surface area (Å²) in [4.78, 5) is 6.74. The molecule has 19 heavy (non-hydrogen) atoms. The fraction of sp³-hybridized carbons (Fsp3) is 0.857. The highest BCUT2D eigenvalue weighted by Gasteiger charge is 2.27. The zero-order chi connectivity index (χ0) is 13.1. The van der Waals surface area contributed by atoms with Gasteiger partial charge in [0.2, 0.25) is 5.89 Å². The number of nitrogens with zero attached hydrogens (tertiary/aromatic N) is 3. The van der Waals surface area contributed by atoms with Crippen molar-refractivity contribution in [3.05, 3.63) is 5.89 Å². The lowest BCUT2D eigenvalue weighted by Crippen LogP contribution is -2.30. The van der Waals surface area contributed by atoms with Gasteiger partial charge in [0.05, 0.1) is 6.04 Å². The lowest BCUT2D eigenvalue weighted by Gasteiger charge is -2.25. The van der Waals surface area contributed by atoms with Crippen molar-refractivity contribution in [2.75, 3.05) is 18.0 Å². The summed E-state index contributed by atoms with van der Waals surface area (Å²) in [5.41, 5.74) is 6.30. The Balaban J connectivity index is 1.65. The zero-order valence-electron chi connectivity index (χ0n) is 11.6. The molecule has 1 saturated heterocycles. The zero-order valence-corrected chi connectivity index (χ0v) is 11.6. The van der Waals surface area contributed by atoms with Gasteiger partial charge in [-0.2, -0.15) is 4.98 Å². The normalized spacial score (nSPS) is 23.5. The molecule has 1 unspecified atom stereocenters. The van der Waals surface area contributed by atoms with Gasteiger partial charge in [-0.3, -0.25) is 0 Å². The molecule has 1 saturated carbocycles. The van der Waals surface area contributed by atoms with E-state index >= 15 is 0 Å². The summed E-state index contributed by atoms with van der Waals surface area (Å²) in [7, 11) is 0. The predicted molar refractivity (Wildman–Crippen MR) is 73.9 cm³/mol. The molecule has 5 nitrogen and oxygen atoms in total. The van der Waals surface area contributed by atoms with Crippen LogP contribution in [-0.2, 0) is 0 Å². The van der Waals surface area contributed by atoms with Crippen LogP contribution in [0, 0.1) is 5.92 Å². The molecule has 1 aliphatic heterocycles. The van der Waals surface area contributed by atoms with Crippen LogP contribution in [0.2, 0.25) is 0 Å². The minimum absolute atomic E-state index is 0.0775. The van der Waals surface area contributed by atoms with Crippen LogP contribution in [0.15, 0.2) is 4.52 Å². The minimum atomic E-state index is -0.0775. The summed E-state index contributed by atoms with van der Waals surface area (Å²) in [6.07, 6.45) is 10.0. The Bertz CT molecular complexity index is 394. The Labute approximate surface area is 114 Å². The molecule has 1 aromatic rings. The SMILES string of the molecule is NC(c1nc(N2CCCCC2)no1)C1CCCCC1. The molecule has 0 amide bonds. The van der Waals surface area contributed by atoms with Crippen molar-refractivity contribution >= 4 is 5.95 Å². The number of hydrogen-bond acceptors (Lipinski definition) is 5. The molecule has 1 aliphatic carbocycles. The average molecular weight is 264 g/mol. The van der Waals surface area contributed by atoms with E-state index in [0.717, 1.165) is 19.0 Å². The van der Waals surface area contributed by atoms with Crippen molar-refractivity contribution in [3.8, 4) is 0 Å². The third kappa shape index (κ3) is 2.91. The standard InChI is InChI=1S/C14H24N4O/c15-12(11-7-3-1-4-8-11)13-16-14(17-19-13)18-9-5-2-6-10-18/h11-12H,1-10,15H2. The van der Waals surface area contributed by atoms with E-state index in [9.17, 15) is 0 Å². The summed E-state index contributed by atoms with van der Waals surface area (Å²) in [6, 6.07) is -0.0775. The maximum Gasteiger partial charge on any atom is 0.266 e. The van der Waals surface area contributed by atoms with Crippen molar-refractivity contribution in [1.29, 1.82) is 0 Å². The highest BCUT2D eigenvalue weighted by molar-refractivity contribution is 5.28. The Morgan fingerprint density at radius 1 is 1.05 bits per heavy atom. The van der Waals surface area contributed by atoms with Gasteiger partial charge in [0, 0.05) is 13.1 Å². The minimum Gasteiger partial charge on any atom is -0.338 e. The monoisotopic (exact) mass is 264 g/mol. The van der Waals surface area contributed by atoms with Gasteiger partial charge >= 0.3 is 0 Å². The van der Waals surface area contributed by atoms with Crippen LogP contribution in [0.5, 0.6) is 0 Å². The Kier molecular flexibility index (Phi) is 4.01. The molecule has 2 heterocycles. The lowest BCUT2D eigenvalue weighted by molar-refractivity contribution is 0.255. The third-order valence-electron chi connectivity index (χ3n) is 4.51. The Hall–Kier alpha value is -1.10. The van der Waals surface area contributed by atoms with E-state index in [1.54, 1.807) is 0 Å². The van der Waals surface area contributed by atoms with Crippen LogP contribution >= 0.6 is 0 Å². The molecule has 2 fully saturated rings. The summed E-state index contributed by atoms with van der Waals surface area (Å²) >= 11 is 0. The van der Waals surface area contributed by atoms with E-state index in [-0.39, 0.29) is 6.04 Å². The highest BCUT2D eigenvalue weighted by atomic mass is 16.5. The van der Waals surface area contributed by atoms with Crippen LogP contribution in [0.3, 0.4) is 0 Å². The number of hydrogen-bond donors (Lipinski definition) is 1. The van der Waals surface area contributed by atoms with E-state index in [1.807, 2.05) is 0 Å². The van der Waals surface area contributed by atoms with Crippen LogP contribution in [0.4, 0.5) is 5.95 Å². The molecule has 2 N–H and O–H groups in total. The van der Waals surface area contributed by atoms with Gasteiger partial charge in [0.1, 0.15) is 0 Å². The number of aromatic nitrogens is 2. The van der Waals surface area contributed by atoms with Gasteiger partial charge in [-0.25, -0.2) is 0 Å². The molecule has 0 aromatic carbocycles. The van der Waals surface area contributed by atoms with E-state index in [1.165, 1.54) is 51.4 Å². The number of nitrogens with two attached hydrogens (primary N) is 1. The molecule has 2 aliphatic rings. The van der Waals surface area contributed by atoms with E-state index in [2.05, 4.69) is 15.0 Å². The summed E-state index contributed by atoms with van der Waals surface area (Å²) < 4.78 is 5.41. The van der Waals surface area contributed by atoms with Crippen molar-refractivity contribution in [1.82, 2.24) is 10.1 Å². The van der Waals surface area contributed by atoms with Crippen LogP contribution < -0.4 is 10.6 Å². The second-order valence-corrected chi connectivity index (χ2v) is 5.90. The number of piperidine rings is 1. The third-order valence-corrected chi connectivity index (χ3v) is 4.51. The van der Waals surface area contributed by atoms with E-state index in [0.29, 0.717) is 11.8 Å². The molecular weight excluding hydrogens is 240 g/mol. The fourth-order valence-electron chi connectivity index (χ4n) is 3.28. The molecule has 0 spiro atoms.